The highest BCUT2D eigenvalue weighted by molar-refractivity contribution is 6.02. The van der Waals surface area contributed by atoms with E-state index in [0.29, 0.717) is 19.5 Å². The van der Waals surface area contributed by atoms with Gasteiger partial charge in [0.1, 0.15) is 29.1 Å². The maximum absolute atomic E-state index is 14.8. The lowest BCUT2D eigenvalue weighted by Crippen LogP contribution is -2.42. The van der Waals surface area contributed by atoms with Gasteiger partial charge in [-0.05, 0) is 50.2 Å². The minimum atomic E-state index is -3.14. The van der Waals surface area contributed by atoms with Crippen molar-refractivity contribution in [3.63, 3.8) is 0 Å². The number of anilines is 1. The quantitative estimate of drug-likeness (QED) is 0.283. The van der Waals surface area contributed by atoms with Gasteiger partial charge >= 0.3 is 0 Å². The van der Waals surface area contributed by atoms with Gasteiger partial charge in [-0.1, -0.05) is 6.92 Å². The van der Waals surface area contributed by atoms with Crippen molar-refractivity contribution in [3.8, 4) is 6.07 Å². The summed E-state index contributed by atoms with van der Waals surface area (Å²) in [5, 5.41) is 11.2. The summed E-state index contributed by atoms with van der Waals surface area (Å²) in [6, 6.07) is 6.66. The maximum Gasteiger partial charge on any atom is 0.275 e. The van der Waals surface area contributed by atoms with Gasteiger partial charge in [0.25, 0.3) is 12.3 Å². The van der Waals surface area contributed by atoms with E-state index in [-0.39, 0.29) is 29.5 Å². The first-order valence-electron chi connectivity index (χ1n) is 10.8. The average molecular weight is 489 g/mol. The standard InChI is InChI=1S/C23H27F3N8O/c1-4-23(21(25)26,33-22(28)34(3)12-6-5-11-29-2)19-16(24)8-10-18(31-19)32-20(35)17-9-7-15(13-27)14-30-17/h7-10,14,21H,2,4-6,11-12H2,1,3H3,(H2,28,33)(H,31,32,35)/t23-/m0/s1. The molecule has 1 atom stereocenters. The Hall–Kier alpha value is -4.01. The van der Waals surface area contributed by atoms with E-state index in [1.165, 1.54) is 30.2 Å². The van der Waals surface area contributed by atoms with Gasteiger partial charge < -0.3 is 20.9 Å². The zero-order valence-corrected chi connectivity index (χ0v) is 19.5. The van der Waals surface area contributed by atoms with E-state index in [0.717, 1.165) is 18.6 Å². The van der Waals surface area contributed by atoms with Crippen molar-refractivity contribution < 1.29 is 18.0 Å². The first-order valence-corrected chi connectivity index (χ1v) is 10.8. The highest BCUT2D eigenvalue weighted by atomic mass is 19.3. The number of aromatic nitrogens is 2. The summed E-state index contributed by atoms with van der Waals surface area (Å²) >= 11 is 0. The molecule has 0 bridgehead atoms. The van der Waals surface area contributed by atoms with E-state index >= 15 is 0 Å². The van der Waals surface area contributed by atoms with Crippen LogP contribution in [0.2, 0.25) is 0 Å². The van der Waals surface area contributed by atoms with Crippen LogP contribution in [0.15, 0.2) is 40.4 Å². The summed E-state index contributed by atoms with van der Waals surface area (Å²) in [4.78, 5) is 29.6. The van der Waals surface area contributed by atoms with E-state index in [2.05, 4.69) is 32.0 Å². The van der Waals surface area contributed by atoms with Gasteiger partial charge in [0, 0.05) is 26.3 Å². The number of aliphatic imine (C=N–C) groups is 2. The van der Waals surface area contributed by atoms with E-state index in [4.69, 9.17) is 11.0 Å². The number of nitriles is 1. The number of hydrogen-bond acceptors (Lipinski definition) is 6. The minimum absolute atomic E-state index is 0.0390. The number of alkyl halides is 2. The average Bonchev–Trinajstić information content (AvgIpc) is 2.86. The molecular weight excluding hydrogens is 461 g/mol. The largest absolute Gasteiger partial charge is 0.370 e. The van der Waals surface area contributed by atoms with Crippen LogP contribution in [0.3, 0.4) is 0 Å². The first kappa shape index (κ1) is 27.2. The van der Waals surface area contributed by atoms with E-state index < -0.39 is 29.4 Å². The van der Waals surface area contributed by atoms with Crippen LogP contribution in [-0.4, -0.2) is 60.0 Å². The van der Waals surface area contributed by atoms with Crippen molar-refractivity contribution in [2.75, 3.05) is 25.5 Å². The Labute approximate surface area is 201 Å². The molecule has 0 saturated carbocycles. The summed E-state index contributed by atoms with van der Waals surface area (Å²) in [7, 11) is 1.59. The molecule has 0 aliphatic carbocycles. The molecule has 2 rings (SSSR count). The van der Waals surface area contributed by atoms with Crippen LogP contribution in [0, 0.1) is 17.1 Å². The fourth-order valence-electron chi connectivity index (χ4n) is 3.17. The third kappa shape index (κ3) is 6.75. The zero-order chi connectivity index (χ0) is 26.0. The number of rotatable bonds is 11. The summed E-state index contributed by atoms with van der Waals surface area (Å²) in [6.45, 7) is 5.82. The molecule has 0 spiro atoms. The second-order valence-electron chi connectivity index (χ2n) is 7.65. The SMILES string of the molecule is C=NCCCCN(C)C(N)=N[C@@](CC)(c1nc(NC(=O)c2ccc(C#N)cn2)ccc1F)C(F)F. The second-order valence-corrected chi connectivity index (χ2v) is 7.65. The molecular formula is C23H27F3N8O. The predicted octanol–water partition coefficient (Wildman–Crippen LogP) is 3.34. The van der Waals surface area contributed by atoms with Crippen LogP contribution in [0.5, 0.6) is 0 Å². The molecule has 186 valence electrons. The molecule has 0 saturated heterocycles. The number of carbonyl (C=O) groups is 1. The van der Waals surface area contributed by atoms with E-state index in [9.17, 15) is 18.0 Å². The van der Waals surface area contributed by atoms with Gasteiger partial charge in [0.05, 0.1) is 5.56 Å². The highest BCUT2D eigenvalue weighted by Gasteiger charge is 2.44. The molecule has 0 aliphatic heterocycles. The van der Waals surface area contributed by atoms with Crippen LogP contribution < -0.4 is 11.1 Å². The Kier molecular flexibility index (Phi) is 9.69. The lowest BCUT2D eigenvalue weighted by molar-refractivity contribution is 0.0455. The number of amides is 1. The molecule has 2 aromatic rings. The van der Waals surface area contributed by atoms with Gasteiger partial charge in [-0.15, -0.1) is 0 Å². The Morgan fingerprint density at radius 3 is 2.66 bits per heavy atom. The van der Waals surface area contributed by atoms with Crippen molar-refractivity contribution in [1.82, 2.24) is 14.9 Å². The number of hydrogen-bond donors (Lipinski definition) is 2. The summed E-state index contributed by atoms with van der Waals surface area (Å²) in [5.41, 5.74) is 3.19. The molecule has 12 heteroatoms. The second kappa shape index (κ2) is 12.5. The van der Waals surface area contributed by atoms with Crippen molar-refractivity contribution in [2.45, 2.75) is 38.2 Å². The fraction of sp³-hybridized carbons (Fsp3) is 0.391. The molecule has 3 N–H and O–H groups in total. The normalized spacial score (nSPS) is 13.1. The minimum Gasteiger partial charge on any atom is -0.370 e. The Bertz CT molecular complexity index is 1100. The number of carbonyl (C=O) groups excluding carboxylic acids is 1. The number of pyridine rings is 2. The number of unbranched alkanes of at least 4 members (excludes halogenated alkanes) is 1. The Morgan fingerprint density at radius 2 is 2.09 bits per heavy atom. The molecule has 0 radical (unpaired) electrons. The van der Waals surface area contributed by atoms with Gasteiger partial charge in [-0.3, -0.25) is 4.79 Å². The fourth-order valence-corrected chi connectivity index (χ4v) is 3.17. The molecule has 0 aromatic carbocycles. The number of nitrogens with zero attached hydrogens (tertiary/aromatic N) is 6. The molecule has 35 heavy (non-hydrogen) atoms. The molecule has 0 aliphatic rings. The molecule has 1 amide bonds. The lowest BCUT2D eigenvalue weighted by Gasteiger charge is -2.30. The number of nitrogens with two attached hydrogens (primary N) is 1. The van der Waals surface area contributed by atoms with Crippen LogP contribution in [0.25, 0.3) is 0 Å². The summed E-state index contributed by atoms with van der Waals surface area (Å²) < 4.78 is 43.6. The monoisotopic (exact) mass is 488 g/mol. The summed E-state index contributed by atoms with van der Waals surface area (Å²) in [5.74, 6) is -2.10. The van der Waals surface area contributed by atoms with Crippen molar-refractivity contribution in [1.29, 1.82) is 5.26 Å². The van der Waals surface area contributed by atoms with Crippen molar-refractivity contribution in [3.05, 3.63) is 53.2 Å². The van der Waals surface area contributed by atoms with Crippen LogP contribution in [-0.2, 0) is 5.54 Å². The molecule has 9 nitrogen and oxygen atoms in total. The van der Waals surface area contributed by atoms with E-state index in [1.807, 2.05) is 6.07 Å². The first-order chi connectivity index (χ1) is 16.7. The maximum atomic E-state index is 14.8. The van der Waals surface area contributed by atoms with Crippen molar-refractivity contribution >= 4 is 24.4 Å². The number of guanidine groups is 1. The predicted molar refractivity (Wildman–Crippen MR) is 127 cm³/mol. The Balaban J connectivity index is 2.37. The topological polar surface area (TPSA) is 133 Å². The van der Waals surface area contributed by atoms with E-state index in [1.54, 1.807) is 7.05 Å². The lowest BCUT2D eigenvalue weighted by atomic mass is 9.92. The van der Waals surface area contributed by atoms with Gasteiger partial charge in [0.15, 0.2) is 11.5 Å². The van der Waals surface area contributed by atoms with Crippen LogP contribution in [0.1, 0.15) is 47.9 Å². The van der Waals surface area contributed by atoms with Gasteiger partial charge in [-0.2, -0.15) is 5.26 Å². The zero-order valence-electron chi connectivity index (χ0n) is 19.5. The number of nitrogens with one attached hydrogen (secondary N) is 1. The van der Waals surface area contributed by atoms with Crippen molar-refractivity contribution in [2.24, 2.45) is 15.7 Å². The third-order valence-corrected chi connectivity index (χ3v) is 5.29. The van der Waals surface area contributed by atoms with Crippen LogP contribution >= 0.6 is 0 Å². The molecule has 2 heterocycles. The molecule has 0 unspecified atom stereocenters. The smallest absolute Gasteiger partial charge is 0.275 e. The molecule has 0 fully saturated rings. The Morgan fingerprint density at radius 1 is 1.34 bits per heavy atom. The van der Waals surface area contributed by atoms with Gasteiger partial charge in [0.2, 0.25) is 0 Å². The molecule has 2 aromatic heterocycles. The van der Waals surface area contributed by atoms with Crippen LogP contribution in [0.4, 0.5) is 19.0 Å². The summed E-state index contributed by atoms with van der Waals surface area (Å²) in [6.07, 6.45) is -0.826. The highest BCUT2D eigenvalue weighted by Crippen LogP contribution is 2.37. The number of halogens is 3. The third-order valence-electron chi connectivity index (χ3n) is 5.29. The van der Waals surface area contributed by atoms with Gasteiger partial charge in [-0.25, -0.2) is 28.1 Å².